The molecule has 0 bridgehead atoms. The molecule has 4 heteroatoms. The summed E-state index contributed by atoms with van der Waals surface area (Å²) in [6.07, 6.45) is 2.02. The maximum absolute atomic E-state index is 6.59. The van der Waals surface area contributed by atoms with Crippen molar-refractivity contribution in [2.45, 2.75) is 37.8 Å². The molecule has 2 aromatic rings. The SMILES string of the molecule is CC1Oc2ccc(C(N)C3CCc4ccccc43)cc2N=C1N. The van der Waals surface area contributed by atoms with Crippen LogP contribution in [0.1, 0.15) is 42.0 Å². The topological polar surface area (TPSA) is 73.6 Å². The molecule has 0 saturated carbocycles. The molecule has 4 rings (SSSR count). The number of fused-ring (bicyclic) bond motifs is 2. The summed E-state index contributed by atoms with van der Waals surface area (Å²) in [4.78, 5) is 4.45. The van der Waals surface area contributed by atoms with Gasteiger partial charge in [0.1, 0.15) is 17.3 Å². The van der Waals surface area contributed by atoms with E-state index in [0.717, 1.165) is 29.8 Å². The van der Waals surface area contributed by atoms with Crippen LogP contribution in [0, 0.1) is 0 Å². The third-order valence-corrected chi connectivity index (χ3v) is 4.95. The number of hydrogen-bond acceptors (Lipinski definition) is 4. The van der Waals surface area contributed by atoms with Gasteiger partial charge >= 0.3 is 0 Å². The highest BCUT2D eigenvalue weighted by Crippen LogP contribution is 2.42. The average Bonchev–Trinajstić information content (AvgIpc) is 2.99. The van der Waals surface area contributed by atoms with Gasteiger partial charge in [0.15, 0.2) is 6.10 Å². The lowest BCUT2D eigenvalue weighted by Crippen LogP contribution is -2.33. The Bertz CT molecular complexity index is 784. The number of rotatable bonds is 2. The van der Waals surface area contributed by atoms with Crippen LogP contribution in [0.2, 0.25) is 0 Å². The largest absolute Gasteiger partial charge is 0.481 e. The first-order chi connectivity index (χ1) is 11.1. The van der Waals surface area contributed by atoms with Crippen LogP contribution in [0.4, 0.5) is 5.69 Å². The molecular weight excluding hydrogens is 286 g/mol. The van der Waals surface area contributed by atoms with Crippen molar-refractivity contribution < 1.29 is 4.74 Å². The minimum Gasteiger partial charge on any atom is -0.481 e. The van der Waals surface area contributed by atoms with Crippen LogP contribution in [-0.4, -0.2) is 11.9 Å². The first-order valence-electron chi connectivity index (χ1n) is 8.11. The Balaban J connectivity index is 1.67. The molecule has 2 aromatic carbocycles. The molecule has 0 fully saturated rings. The molecule has 3 atom stereocenters. The minimum absolute atomic E-state index is 0.0419. The Labute approximate surface area is 136 Å². The summed E-state index contributed by atoms with van der Waals surface area (Å²) >= 11 is 0. The highest BCUT2D eigenvalue weighted by atomic mass is 16.5. The molecule has 0 aromatic heterocycles. The number of aliphatic imine (C=N–C) groups is 1. The third kappa shape index (κ3) is 2.39. The normalized spacial score (nSPS) is 23.5. The van der Waals surface area contributed by atoms with Gasteiger partial charge in [-0.3, -0.25) is 0 Å². The molecule has 2 aliphatic rings. The molecule has 4 nitrogen and oxygen atoms in total. The number of hydrogen-bond donors (Lipinski definition) is 2. The number of nitrogens with two attached hydrogens (primary N) is 2. The summed E-state index contributed by atoms with van der Waals surface area (Å²) in [6.45, 7) is 1.90. The van der Waals surface area contributed by atoms with Gasteiger partial charge < -0.3 is 16.2 Å². The zero-order chi connectivity index (χ0) is 16.0. The first kappa shape index (κ1) is 14.3. The van der Waals surface area contributed by atoms with Crippen molar-refractivity contribution >= 4 is 11.5 Å². The van der Waals surface area contributed by atoms with Crippen molar-refractivity contribution in [1.82, 2.24) is 0 Å². The monoisotopic (exact) mass is 307 g/mol. The van der Waals surface area contributed by atoms with Gasteiger partial charge in [-0.05, 0) is 48.6 Å². The second-order valence-electron chi connectivity index (χ2n) is 6.39. The van der Waals surface area contributed by atoms with E-state index < -0.39 is 0 Å². The van der Waals surface area contributed by atoms with Crippen LogP contribution in [0.5, 0.6) is 5.75 Å². The van der Waals surface area contributed by atoms with Crippen LogP contribution in [-0.2, 0) is 6.42 Å². The van der Waals surface area contributed by atoms with Crippen molar-refractivity contribution in [3.63, 3.8) is 0 Å². The van der Waals surface area contributed by atoms with E-state index in [9.17, 15) is 0 Å². The molecule has 1 aliphatic carbocycles. The van der Waals surface area contributed by atoms with Crippen LogP contribution in [0.3, 0.4) is 0 Å². The van der Waals surface area contributed by atoms with Crippen molar-refractivity contribution in [2.75, 3.05) is 0 Å². The van der Waals surface area contributed by atoms with E-state index >= 15 is 0 Å². The highest BCUT2D eigenvalue weighted by Gasteiger charge is 2.29. The Hall–Kier alpha value is -2.33. The first-order valence-corrected chi connectivity index (χ1v) is 8.11. The van der Waals surface area contributed by atoms with Gasteiger partial charge in [0, 0.05) is 12.0 Å². The number of aryl methyl sites for hydroxylation is 1. The van der Waals surface area contributed by atoms with Gasteiger partial charge in [-0.2, -0.15) is 0 Å². The molecule has 3 unspecified atom stereocenters. The van der Waals surface area contributed by atoms with E-state index in [1.807, 2.05) is 25.1 Å². The van der Waals surface area contributed by atoms with E-state index in [0.29, 0.717) is 11.8 Å². The molecule has 0 saturated heterocycles. The fourth-order valence-corrected chi connectivity index (χ4v) is 3.60. The zero-order valence-corrected chi connectivity index (χ0v) is 13.2. The zero-order valence-electron chi connectivity index (χ0n) is 13.2. The number of nitrogens with zero attached hydrogens (tertiary/aromatic N) is 1. The van der Waals surface area contributed by atoms with Crippen LogP contribution in [0.25, 0.3) is 0 Å². The second-order valence-corrected chi connectivity index (χ2v) is 6.39. The van der Waals surface area contributed by atoms with Gasteiger partial charge in [0.05, 0.1) is 0 Å². The average molecular weight is 307 g/mol. The summed E-state index contributed by atoms with van der Waals surface area (Å²) in [5.41, 5.74) is 17.2. The smallest absolute Gasteiger partial charge is 0.153 e. The van der Waals surface area contributed by atoms with Crippen LogP contribution < -0.4 is 16.2 Å². The van der Waals surface area contributed by atoms with Crippen molar-refractivity contribution in [2.24, 2.45) is 16.5 Å². The second kappa shape index (κ2) is 5.39. The molecule has 0 amide bonds. The van der Waals surface area contributed by atoms with Gasteiger partial charge in [0.2, 0.25) is 0 Å². The summed E-state index contributed by atoms with van der Waals surface area (Å²) < 4.78 is 5.76. The third-order valence-electron chi connectivity index (χ3n) is 4.95. The van der Waals surface area contributed by atoms with Crippen LogP contribution in [0.15, 0.2) is 47.5 Å². The molecule has 118 valence electrons. The van der Waals surface area contributed by atoms with E-state index in [1.54, 1.807) is 0 Å². The summed E-state index contributed by atoms with van der Waals surface area (Å²) in [6, 6.07) is 14.6. The maximum Gasteiger partial charge on any atom is 0.153 e. The molecular formula is C19H21N3O. The molecule has 23 heavy (non-hydrogen) atoms. The lowest BCUT2D eigenvalue weighted by atomic mass is 9.88. The molecule has 0 radical (unpaired) electrons. The highest BCUT2D eigenvalue weighted by molar-refractivity contribution is 5.89. The quantitative estimate of drug-likeness (QED) is 0.895. The summed E-state index contributed by atoms with van der Waals surface area (Å²) in [5.74, 6) is 1.64. The van der Waals surface area contributed by atoms with Crippen molar-refractivity contribution in [3.8, 4) is 5.75 Å². The predicted molar refractivity (Wildman–Crippen MR) is 92.2 cm³/mol. The van der Waals surface area contributed by atoms with Crippen molar-refractivity contribution in [3.05, 3.63) is 59.2 Å². The lowest BCUT2D eigenvalue weighted by Gasteiger charge is -2.24. The van der Waals surface area contributed by atoms with Gasteiger partial charge in [-0.25, -0.2) is 4.99 Å². The molecule has 1 aliphatic heterocycles. The maximum atomic E-state index is 6.59. The molecule has 0 spiro atoms. The Kier molecular flexibility index (Phi) is 3.34. The summed E-state index contributed by atoms with van der Waals surface area (Å²) in [7, 11) is 0. The lowest BCUT2D eigenvalue weighted by molar-refractivity contribution is 0.281. The van der Waals surface area contributed by atoms with Gasteiger partial charge in [0.25, 0.3) is 0 Å². The standard InChI is InChI=1S/C19H21N3O/c1-11-19(21)22-16-10-13(7-9-17(16)23-11)18(20)15-8-6-12-4-2-3-5-14(12)15/h2-5,7,9-11,15,18H,6,8,20H2,1H3,(H2,21,22). The number of benzene rings is 2. The van der Waals surface area contributed by atoms with E-state index in [1.165, 1.54) is 11.1 Å². The van der Waals surface area contributed by atoms with Gasteiger partial charge in [-0.15, -0.1) is 0 Å². The number of ether oxygens (including phenoxy) is 1. The van der Waals surface area contributed by atoms with Gasteiger partial charge in [-0.1, -0.05) is 30.3 Å². The fourth-order valence-electron chi connectivity index (χ4n) is 3.60. The predicted octanol–water partition coefficient (Wildman–Crippen LogP) is 3.19. The van der Waals surface area contributed by atoms with Crippen molar-refractivity contribution in [1.29, 1.82) is 0 Å². The van der Waals surface area contributed by atoms with E-state index in [-0.39, 0.29) is 12.1 Å². The Morgan fingerprint density at radius 3 is 2.91 bits per heavy atom. The summed E-state index contributed by atoms with van der Waals surface area (Å²) in [5, 5.41) is 0. The van der Waals surface area contributed by atoms with E-state index in [2.05, 4.69) is 29.3 Å². The Morgan fingerprint density at radius 1 is 1.22 bits per heavy atom. The fraction of sp³-hybridized carbons (Fsp3) is 0.316. The van der Waals surface area contributed by atoms with Crippen LogP contribution >= 0.6 is 0 Å². The minimum atomic E-state index is -0.177. The van der Waals surface area contributed by atoms with E-state index in [4.69, 9.17) is 16.2 Å². The molecule has 4 N–H and O–H groups in total. The Morgan fingerprint density at radius 2 is 2.04 bits per heavy atom. The number of amidine groups is 1. The molecule has 1 heterocycles.